The van der Waals surface area contributed by atoms with Crippen molar-refractivity contribution in [1.82, 2.24) is 4.57 Å². The molecule has 2 aromatic carbocycles. The third kappa shape index (κ3) is 3.99. The monoisotopic (exact) mass is 527 g/mol. The van der Waals surface area contributed by atoms with E-state index in [0.717, 1.165) is 50.4 Å². The van der Waals surface area contributed by atoms with E-state index in [1.54, 1.807) is 22.7 Å². The lowest BCUT2D eigenvalue weighted by Crippen LogP contribution is -2.14. The predicted molar refractivity (Wildman–Crippen MR) is 154 cm³/mol. The van der Waals surface area contributed by atoms with E-state index in [1.807, 2.05) is 10.8 Å². The number of fused-ring (bicyclic) bond motifs is 5. The summed E-state index contributed by atoms with van der Waals surface area (Å²) < 4.78 is 25.4. The molecular formula is C30H25NO4S2. The molecule has 186 valence electrons. The Morgan fingerprint density at radius 1 is 0.676 bits per heavy atom. The van der Waals surface area contributed by atoms with Gasteiger partial charge in [0, 0.05) is 39.1 Å². The van der Waals surface area contributed by atoms with E-state index in [9.17, 15) is 0 Å². The average Bonchev–Trinajstić information content (AvgIpc) is 3.64. The minimum atomic E-state index is 0.597. The highest BCUT2D eigenvalue weighted by Crippen LogP contribution is 2.41. The molecule has 0 bridgehead atoms. The maximum atomic E-state index is 5.83. The SMILES string of the molecule is CCn1c2ccc(/C=C/c3scc4c3OCCO4)cc2c2cc(/C=C/c3scc4c3OCCO4)ccc21. The summed E-state index contributed by atoms with van der Waals surface area (Å²) in [4.78, 5) is 2.17. The third-order valence-corrected chi connectivity index (χ3v) is 8.55. The quantitative estimate of drug-likeness (QED) is 0.234. The van der Waals surface area contributed by atoms with Gasteiger partial charge in [-0.15, -0.1) is 22.7 Å². The molecule has 5 nitrogen and oxygen atoms in total. The van der Waals surface area contributed by atoms with Gasteiger partial charge < -0.3 is 23.5 Å². The first-order valence-corrected chi connectivity index (χ1v) is 14.2. The van der Waals surface area contributed by atoms with Gasteiger partial charge in [-0.3, -0.25) is 0 Å². The summed E-state index contributed by atoms with van der Waals surface area (Å²) in [5.41, 5.74) is 4.81. The van der Waals surface area contributed by atoms with E-state index in [-0.39, 0.29) is 0 Å². The van der Waals surface area contributed by atoms with Crippen LogP contribution in [0.4, 0.5) is 0 Å². The molecule has 2 aliphatic rings. The first-order valence-electron chi connectivity index (χ1n) is 12.4. The van der Waals surface area contributed by atoms with E-state index in [1.165, 1.54) is 21.8 Å². The number of benzene rings is 2. The molecule has 0 spiro atoms. The molecule has 0 atom stereocenters. The van der Waals surface area contributed by atoms with E-state index in [2.05, 4.69) is 72.2 Å². The molecule has 37 heavy (non-hydrogen) atoms. The summed E-state index contributed by atoms with van der Waals surface area (Å²) >= 11 is 3.30. The number of hydrogen-bond donors (Lipinski definition) is 0. The number of rotatable bonds is 5. The first kappa shape index (κ1) is 22.5. The lowest BCUT2D eigenvalue weighted by Gasteiger charge is -2.15. The number of hydrogen-bond acceptors (Lipinski definition) is 6. The zero-order chi connectivity index (χ0) is 24.8. The number of ether oxygens (including phenoxy) is 4. The highest BCUT2D eigenvalue weighted by atomic mass is 32.1. The molecule has 0 fully saturated rings. The van der Waals surface area contributed by atoms with Gasteiger partial charge >= 0.3 is 0 Å². The fourth-order valence-electron chi connectivity index (χ4n) is 5.03. The van der Waals surface area contributed by atoms with Gasteiger partial charge in [-0.05, 0) is 54.5 Å². The van der Waals surface area contributed by atoms with Crippen LogP contribution in [0.15, 0.2) is 47.2 Å². The Labute approximate surface area is 222 Å². The topological polar surface area (TPSA) is 41.9 Å². The zero-order valence-electron chi connectivity index (χ0n) is 20.4. The van der Waals surface area contributed by atoms with Gasteiger partial charge in [-0.1, -0.05) is 24.3 Å². The summed E-state index contributed by atoms with van der Waals surface area (Å²) in [7, 11) is 0. The molecule has 3 aromatic heterocycles. The Morgan fingerprint density at radius 3 is 1.65 bits per heavy atom. The molecule has 5 heterocycles. The fourth-order valence-corrected chi connectivity index (χ4v) is 6.67. The van der Waals surface area contributed by atoms with Crippen molar-refractivity contribution in [1.29, 1.82) is 0 Å². The van der Waals surface area contributed by atoms with Crippen molar-refractivity contribution < 1.29 is 18.9 Å². The molecule has 0 unspecified atom stereocenters. The standard InChI is InChI=1S/C30H25NO4S2/c1-2-31-23-7-3-19(5-9-27-29-25(17-36-27)32-11-13-34-29)15-21(23)22-16-20(4-8-24(22)31)6-10-28-30-26(18-37-28)33-12-14-35-30/h3-10,15-18H,2,11-14H2,1H3/b9-5+,10-6+. The Bertz CT molecular complexity index is 1570. The molecule has 0 amide bonds. The summed E-state index contributed by atoms with van der Waals surface area (Å²) in [5, 5.41) is 6.55. The molecule has 2 aliphatic heterocycles. The van der Waals surface area contributed by atoms with Gasteiger partial charge in [0.05, 0.1) is 9.75 Å². The van der Waals surface area contributed by atoms with Crippen LogP contribution >= 0.6 is 22.7 Å². The Hall–Kier alpha value is -3.68. The van der Waals surface area contributed by atoms with Gasteiger partial charge in [-0.25, -0.2) is 0 Å². The molecular weight excluding hydrogens is 502 g/mol. The van der Waals surface area contributed by atoms with Crippen molar-refractivity contribution in [2.24, 2.45) is 0 Å². The Morgan fingerprint density at radius 2 is 1.16 bits per heavy atom. The van der Waals surface area contributed by atoms with Gasteiger partial charge in [0.1, 0.15) is 26.4 Å². The van der Waals surface area contributed by atoms with Crippen molar-refractivity contribution in [3.63, 3.8) is 0 Å². The van der Waals surface area contributed by atoms with Crippen LogP contribution in [0.3, 0.4) is 0 Å². The molecule has 0 saturated heterocycles. The van der Waals surface area contributed by atoms with Gasteiger partial charge in [0.15, 0.2) is 23.0 Å². The first-order chi connectivity index (χ1) is 18.3. The average molecular weight is 528 g/mol. The molecule has 0 aliphatic carbocycles. The van der Waals surface area contributed by atoms with E-state index >= 15 is 0 Å². The van der Waals surface area contributed by atoms with Crippen molar-refractivity contribution in [3.8, 4) is 23.0 Å². The Kier molecular flexibility index (Phi) is 5.67. The molecule has 0 radical (unpaired) electrons. The van der Waals surface area contributed by atoms with Gasteiger partial charge in [0.25, 0.3) is 0 Å². The number of aryl methyl sites for hydroxylation is 1. The Balaban J connectivity index is 1.25. The van der Waals surface area contributed by atoms with Crippen LogP contribution in [0, 0.1) is 0 Å². The summed E-state index contributed by atoms with van der Waals surface area (Å²) in [6.07, 6.45) is 8.56. The van der Waals surface area contributed by atoms with Crippen LogP contribution in [-0.2, 0) is 6.54 Å². The van der Waals surface area contributed by atoms with Crippen LogP contribution < -0.4 is 18.9 Å². The maximum absolute atomic E-state index is 5.83. The second kappa shape index (κ2) is 9.32. The zero-order valence-corrected chi connectivity index (χ0v) is 22.0. The molecule has 7 rings (SSSR count). The van der Waals surface area contributed by atoms with E-state index in [0.29, 0.717) is 26.4 Å². The van der Waals surface area contributed by atoms with Crippen molar-refractivity contribution in [2.45, 2.75) is 13.5 Å². The largest absolute Gasteiger partial charge is 0.485 e. The predicted octanol–water partition coefficient (Wildman–Crippen LogP) is 7.82. The van der Waals surface area contributed by atoms with Crippen LogP contribution in [-0.4, -0.2) is 31.0 Å². The molecule has 7 heteroatoms. The van der Waals surface area contributed by atoms with Crippen LogP contribution in [0.2, 0.25) is 0 Å². The van der Waals surface area contributed by atoms with Crippen molar-refractivity contribution in [2.75, 3.05) is 26.4 Å². The molecule has 0 saturated carbocycles. The fraction of sp³-hybridized carbons (Fsp3) is 0.200. The second-order valence-corrected chi connectivity index (χ2v) is 10.8. The van der Waals surface area contributed by atoms with Gasteiger partial charge in [-0.2, -0.15) is 0 Å². The van der Waals surface area contributed by atoms with Gasteiger partial charge in [0.2, 0.25) is 0 Å². The summed E-state index contributed by atoms with van der Waals surface area (Å²) in [6.45, 7) is 5.53. The second-order valence-electron chi connectivity index (χ2n) is 8.94. The minimum Gasteiger partial charge on any atom is -0.485 e. The highest BCUT2D eigenvalue weighted by Gasteiger charge is 2.18. The van der Waals surface area contributed by atoms with Crippen LogP contribution in [0.25, 0.3) is 46.1 Å². The number of aromatic nitrogens is 1. The summed E-state index contributed by atoms with van der Waals surface area (Å²) in [6, 6.07) is 13.4. The van der Waals surface area contributed by atoms with E-state index in [4.69, 9.17) is 18.9 Å². The minimum absolute atomic E-state index is 0.597. The van der Waals surface area contributed by atoms with E-state index < -0.39 is 0 Å². The number of nitrogens with zero attached hydrogens (tertiary/aromatic N) is 1. The lowest BCUT2D eigenvalue weighted by molar-refractivity contribution is 0.173. The van der Waals surface area contributed by atoms with Crippen LogP contribution in [0.5, 0.6) is 23.0 Å². The number of thiophene rings is 2. The van der Waals surface area contributed by atoms with Crippen LogP contribution in [0.1, 0.15) is 27.8 Å². The lowest BCUT2D eigenvalue weighted by atomic mass is 10.1. The third-order valence-electron chi connectivity index (χ3n) is 6.74. The highest BCUT2D eigenvalue weighted by molar-refractivity contribution is 7.12. The molecule has 5 aromatic rings. The smallest absolute Gasteiger partial charge is 0.179 e. The molecule has 0 N–H and O–H groups in total. The van der Waals surface area contributed by atoms with Crippen molar-refractivity contribution >= 4 is 68.8 Å². The maximum Gasteiger partial charge on any atom is 0.179 e. The summed E-state index contributed by atoms with van der Waals surface area (Å²) in [5.74, 6) is 3.41. The normalized spacial score (nSPS) is 14.9. The van der Waals surface area contributed by atoms with Crippen molar-refractivity contribution in [3.05, 3.63) is 68.0 Å².